The third-order valence-electron chi connectivity index (χ3n) is 3.56. The highest BCUT2D eigenvalue weighted by atomic mass is 16.3. The van der Waals surface area contributed by atoms with Crippen molar-refractivity contribution in [3.8, 4) is 5.69 Å². The molecule has 0 bridgehead atoms. The highest BCUT2D eigenvalue weighted by molar-refractivity contribution is 5.30. The molecule has 0 unspecified atom stereocenters. The van der Waals surface area contributed by atoms with Crippen LogP contribution in [0.15, 0.2) is 30.3 Å². The Morgan fingerprint density at radius 3 is 2.74 bits per heavy atom. The van der Waals surface area contributed by atoms with Crippen LogP contribution in [0.4, 0.5) is 0 Å². The number of aromatic nitrogens is 4. The van der Waals surface area contributed by atoms with Crippen LogP contribution in [0.1, 0.15) is 25.1 Å². The van der Waals surface area contributed by atoms with Gasteiger partial charge < -0.3 is 10.4 Å². The quantitative estimate of drug-likeness (QED) is 0.825. The van der Waals surface area contributed by atoms with E-state index in [9.17, 15) is 5.11 Å². The van der Waals surface area contributed by atoms with Gasteiger partial charge >= 0.3 is 0 Å². The van der Waals surface area contributed by atoms with E-state index in [2.05, 4.69) is 20.8 Å². The van der Waals surface area contributed by atoms with Crippen LogP contribution in [-0.4, -0.2) is 37.5 Å². The lowest BCUT2D eigenvalue weighted by Crippen LogP contribution is -2.46. The first-order valence-corrected chi connectivity index (χ1v) is 6.53. The van der Waals surface area contributed by atoms with Crippen molar-refractivity contribution < 1.29 is 5.11 Å². The molecule has 6 heteroatoms. The summed E-state index contributed by atoms with van der Waals surface area (Å²) in [6, 6.07) is 9.77. The van der Waals surface area contributed by atoms with E-state index in [1.165, 1.54) is 0 Å². The SMILES string of the molecule is OC1(CNCc2nnnn2-c2ccccc2)CCC1. The summed E-state index contributed by atoms with van der Waals surface area (Å²) < 4.78 is 1.71. The van der Waals surface area contributed by atoms with Crippen molar-refractivity contribution in [3.63, 3.8) is 0 Å². The number of benzene rings is 1. The first-order valence-electron chi connectivity index (χ1n) is 6.53. The monoisotopic (exact) mass is 259 g/mol. The van der Waals surface area contributed by atoms with Gasteiger partial charge in [-0.1, -0.05) is 18.2 Å². The Hall–Kier alpha value is -1.79. The predicted octanol–water partition coefficient (Wildman–Crippen LogP) is 0.667. The zero-order valence-electron chi connectivity index (χ0n) is 10.7. The fourth-order valence-corrected chi connectivity index (χ4v) is 2.25. The molecule has 6 nitrogen and oxygen atoms in total. The van der Waals surface area contributed by atoms with E-state index in [1.54, 1.807) is 4.68 Å². The average Bonchev–Trinajstić information content (AvgIpc) is 2.86. The van der Waals surface area contributed by atoms with Crippen LogP contribution in [-0.2, 0) is 6.54 Å². The molecule has 1 saturated carbocycles. The van der Waals surface area contributed by atoms with Crippen LogP contribution >= 0.6 is 0 Å². The molecule has 1 fully saturated rings. The maximum absolute atomic E-state index is 10.0. The first kappa shape index (κ1) is 12.3. The van der Waals surface area contributed by atoms with Gasteiger partial charge in [-0.15, -0.1) is 5.10 Å². The third-order valence-corrected chi connectivity index (χ3v) is 3.56. The first-order chi connectivity index (χ1) is 9.27. The fraction of sp³-hybridized carbons (Fsp3) is 0.462. The molecule has 1 aromatic carbocycles. The molecule has 3 rings (SSSR count). The normalized spacial score (nSPS) is 17.1. The zero-order chi connectivity index (χ0) is 13.1. The number of rotatable bonds is 5. The molecule has 0 radical (unpaired) electrons. The molecule has 100 valence electrons. The van der Waals surface area contributed by atoms with Gasteiger partial charge in [0.1, 0.15) is 0 Å². The van der Waals surface area contributed by atoms with E-state index in [-0.39, 0.29) is 0 Å². The second-order valence-electron chi connectivity index (χ2n) is 5.02. The lowest BCUT2D eigenvalue weighted by Gasteiger charge is -2.36. The second kappa shape index (κ2) is 5.07. The Balaban J connectivity index is 1.64. The van der Waals surface area contributed by atoms with Crippen LogP contribution in [0.3, 0.4) is 0 Å². The number of hydrogen-bond acceptors (Lipinski definition) is 5. The standard InChI is InChI=1S/C13H17N5O/c19-13(7-4-8-13)10-14-9-12-15-16-17-18(12)11-5-2-1-3-6-11/h1-3,5-6,14,19H,4,7-10H2. The maximum Gasteiger partial charge on any atom is 0.170 e. The van der Waals surface area contributed by atoms with Crippen molar-refractivity contribution in [2.75, 3.05) is 6.54 Å². The lowest BCUT2D eigenvalue weighted by molar-refractivity contribution is -0.0316. The van der Waals surface area contributed by atoms with E-state index in [1.807, 2.05) is 30.3 Å². The molecule has 0 saturated heterocycles. The van der Waals surface area contributed by atoms with Crippen molar-refractivity contribution in [2.24, 2.45) is 0 Å². The van der Waals surface area contributed by atoms with Crippen LogP contribution in [0, 0.1) is 0 Å². The van der Waals surface area contributed by atoms with Gasteiger partial charge in [0.05, 0.1) is 17.8 Å². The largest absolute Gasteiger partial charge is 0.389 e. The highest BCUT2D eigenvalue weighted by Gasteiger charge is 2.33. The summed E-state index contributed by atoms with van der Waals surface area (Å²) in [5.41, 5.74) is 0.414. The van der Waals surface area contributed by atoms with E-state index in [0.29, 0.717) is 13.1 Å². The molecule has 0 aliphatic heterocycles. The molecule has 1 aliphatic rings. The van der Waals surface area contributed by atoms with Gasteiger partial charge in [-0.25, -0.2) is 0 Å². The summed E-state index contributed by atoms with van der Waals surface area (Å²) in [7, 11) is 0. The number of tetrazole rings is 1. The minimum absolute atomic E-state index is 0.523. The summed E-state index contributed by atoms with van der Waals surface area (Å²) in [6.07, 6.45) is 2.87. The van der Waals surface area contributed by atoms with Crippen molar-refractivity contribution in [3.05, 3.63) is 36.2 Å². The number of aliphatic hydroxyl groups is 1. The summed E-state index contributed by atoms with van der Waals surface area (Å²) in [5.74, 6) is 0.745. The summed E-state index contributed by atoms with van der Waals surface area (Å²) >= 11 is 0. The fourth-order valence-electron chi connectivity index (χ4n) is 2.25. The molecule has 0 amide bonds. The molecule has 0 spiro atoms. The van der Waals surface area contributed by atoms with Gasteiger partial charge in [-0.3, -0.25) is 0 Å². The van der Waals surface area contributed by atoms with E-state index in [0.717, 1.165) is 30.8 Å². The smallest absolute Gasteiger partial charge is 0.170 e. The van der Waals surface area contributed by atoms with Gasteiger partial charge in [-0.05, 0) is 41.8 Å². The Labute approximate surface area is 111 Å². The number of hydrogen-bond donors (Lipinski definition) is 2. The van der Waals surface area contributed by atoms with Crippen molar-refractivity contribution >= 4 is 0 Å². The van der Waals surface area contributed by atoms with Crippen LogP contribution in [0.5, 0.6) is 0 Å². The molecule has 1 heterocycles. The molecule has 19 heavy (non-hydrogen) atoms. The lowest BCUT2D eigenvalue weighted by atomic mass is 9.80. The molecule has 2 N–H and O–H groups in total. The van der Waals surface area contributed by atoms with Crippen LogP contribution in [0.2, 0.25) is 0 Å². The van der Waals surface area contributed by atoms with Crippen LogP contribution in [0.25, 0.3) is 5.69 Å². The zero-order valence-corrected chi connectivity index (χ0v) is 10.7. The highest BCUT2D eigenvalue weighted by Crippen LogP contribution is 2.30. The molecule has 2 aromatic rings. The van der Waals surface area contributed by atoms with E-state index >= 15 is 0 Å². The van der Waals surface area contributed by atoms with Crippen molar-refractivity contribution in [2.45, 2.75) is 31.4 Å². The van der Waals surface area contributed by atoms with Crippen molar-refractivity contribution in [1.29, 1.82) is 0 Å². The summed E-state index contributed by atoms with van der Waals surface area (Å²) in [5, 5.41) is 24.9. The van der Waals surface area contributed by atoms with Gasteiger partial charge in [0, 0.05) is 6.54 Å². The number of nitrogens with zero attached hydrogens (tertiary/aromatic N) is 4. The average molecular weight is 259 g/mol. The maximum atomic E-state index is 10.0. The van der Waals surface area contributed by atoms with Gasteiger partial charge in [0.15, 0.2) is 5.82 Å². The Morgan fingerprint density at radius 1 is 1.26 bits per heavy atom. The van der Waals surface area contributed by atoms with E-state index in [4.69, 9.17) is 0 Å². The van der Waals surface area contributed by atoms with Gasteiger partial charge in [0.2, 0.25) is 0 Å². The molecular weight excluding hydrogens is 242 g/mol. The minimum atomic E-state index is -0.523. The minimum Gasteiger partial charge on any atom is -0.389 e. The Morgan fingerprint density at radius 2 is 2.05 bits per heavy atom. The van der Waals surface area contributed by atoms with Gasteiger partial charge in [0.25, 0.3) is 0 Å². The molecular formula is C13H17N5O. The van der Waals surface area contributed by atoms with Crippen LogP contribution < -0.4 is 5.32 Å². The predicted molar refractivity (Wildman–Crippen MR) is 69.7 cm³/mol. The summed E-state index contributed by atoms with van der Waals surface area (Å²) in [6.45, 7) is 1.14. The second-order valence-corrected chi connectivity index (χ2v) is 5.02. The van der Waals surface area contributed by atoms with Crippen molar-refractivity contribution in [1.82, 2.24) is 25.5 Å². The third kappa shape index (κ3) is 2.64. The molecule has 1 aliphatic carbocycles. The summed E-state index contributed by atoms with van der Waals surface area (Å²) in [4.78, 5) is 0. The van der Waals surface area contributed by atoms with E-state index < -0.39 is 5.60 Å². The number of para-hydroxylation sites is 1. The molecule has 1 aromatic heterocycles. The topological polar surface area (TPSA) is 75.9 Å². The Bertz CT molecular complexity index is 535. The van der Waals surface area contributed by atoms with Gasteiger partial charge in [-0.2, -0.15) is 4.68 Å². The Kier molecular flexibility index (Phi) is 3.27. The number of nitrogens with one attached hydrogen (secondary N) is 1. The molecule has 0 atom stereocenters.